The van der Waals surface area contributed by atoms with E-state index in [-0.39, 0.29) is 6.03 Å². The van der Waals surface area contributed by atoms with Crippen molar-refractivity contribution in [3.63, 3.8) is 0 Å². The summed E-state index contributed by atoms with van der Waals surface area (Å²) < 4.78 is 0. The Morgan fingerprint density at radius 1 is 1.11 bits per heavy atom. The van der Waals surface area contributed by atoms with Crippen LogP contribution in [0.2, 0.25) is 0 Å². The summed E-state index contributed by atoms with van der Waals surface area (Å²) in [5.41, 5.74) is 4.29. The van der Waals surface area contributed by atoms with Crippen molar-refractivity contribution in [2.24, 2.45) is 5.92 Å². The van der Waals surface area contributed by atoms with Gasteiger partial charge >= 0.3 is 6.03 Å². The lowest BCUT2D eigenvalue weighted by atomic mass is 10.1. The van der Waals surface area contributed by atoms with Gasteiger partial charge in [-0.1, -0.05) is 32.6 Å². The van der Waals surface area contributed by atoms with Crippen LogP contribution in [0, 0.1) is 12.8 Å². The molecule has 1 aromatic carbocycles. The van der Waals surface area contributed by atoms with E-state index in [1.165, 1.54) is 31.6 Å². The molecular weight excluding hydrogens is 336 g/mol. The van der Waals surface area contributed by atoms with Crippen molar-refractivity contribution in [3.8, 4) is 0 Å². The molecule has 0 aliphatic carbocycles. The maximum Gasteiger partial charge on any atom is 0.326 e. The van der Waals surface area contributed by atoms with Crippen LogP contribution in [0.25, 0.3) is 0 Å². The van der Waals surface area contributed by atoms with E-state index in [0.717, 1.165) is 48.9 Å². The number of nitrogens with one attached hydrogen (secondary N) is 1. The number of hydrogen-bond donors (Lipinski definition) is 1. The molecule has 2 amide bonds. The summed E-state index contributed by atoms with van der Waals surface area (Å²) in [5.74, 6) is 0.782. The molecule has 0 radical (unpaired) electrons. The monoisotopic (exact) mass is 370 g/mol. The second-order valence-electron chi connectivity index (χ2n) is 8.36. The second-order valence-corrected chi connectivity index (χ2v) is 8.36. The molecule has 0 bridgehead atoms. The van der Waals surface area contributed by atoms with Gasteiger partial charge in [0.25, 0.3) is 0 Å². The van der Waals surface area contributed by atoms with Gasteiger partial charge in [0.2, 0.25) is 0 Å². The molecular formula is C22H34N4O. The number of aryl methyl sites for hydroxylation is 1. The van der Waals surface area contributed by atoms with Crippen LogP contribution in [0.3, 0.4) is 0 Å². The van der Waals surface area contributed by atoms with Gasteiger partial charge < -0.3 is 10.2 Å². The highest BCUT2D eigenvalue weighted by molar-refractivity contribution is 5.94. The number of amides is 2. The number of carbonyl (C=O) groups excluding carboxylic acids is 1. The van der Waals surface area contributed by atoms with Gasteiger partial charge in [-0.2, -0.15) is 0 Å². The SMILES string of the molecule is C=C1CCN(c2ccc(CN3CCN(CCC(C)C)CC3)cc2C)C(=O)N1. The molecule has 0 unspecified atom stereocenters. The van der Waals surface area contributed by atoms with Crippen LogP contribution < -0.4 is 10.2 Å². The Labute approximate surface area is 164 Å². The van der Waals surface area contributed by atoms with Crippen molar-refractivity contribution < 1.29 is 4.79 Å². The molecule has 2 aliphatic rings. The summed E-state index contributed by atoms with van der Waals surface area (Å²) >= 11 is 0. The van der Waals surface area contributed by atoms with E-state index in [0.29, 0.717) is 6.54 Å². The van der Waals surface area contributed by atoms with E-state index in [9.17, 15) is 4.79 Å². The van der Waals surface area contributed by atoms with Crippen LogP contribution in [0.4, 0.5) is 10.5 Å². The van der Waals surface area contributed by atoms with Gasteiger partial charge in [-0.15, -0.1) is 0 Å². The van der Waals surface area contributed by atoms with E-state index < -0.39 is 0 Å². The lowest BCUT2D eigenvalue weighted by Gasteiger charge is -2.35. The summed E-state index contributed by atoms with van der Waals surface area (Å²) in [6, 6.07) is 6.43. The minimum atomic E-state index is -0.0698. The predicted octanol–water partition coefficient (Wildman–Crippen LogP) is 3.59. The maximum atomic E-state index is 12.2. The van der Waals surface area contributed by atoms with Crippen molar-refractivity contribution >= 4 is 11.7 Å². The molecule has 27 heavy (non-hydrogen) atoms. The summed E-state index contributed by atoms with van der Waals surface area (Å²) in [4.78, 5) is 19.2. The molecule has 1 N–H and O–H groups in total. The zero-order valence-corrected chi connectivity index (χ0v) is 17.1. The normalized spacial score (nSPS) is 19.6. The number of nitrogens with zero attached hydrogens (tertiary/aromatic N) is 3. The summed E-state index contributed by atoms with van der Waals surface area (Å²) in [6.07, 6.45) is 2.09. The minimum Gasteiger partial charge on any atom is -0.312 e. The first-order valence-electron chi connectivity index (χ1n) is 10.2. The number of piperazine rings is 1. The van der Waals surface area contributed by atoms with E-state index in [2.05, 4.69) is 60.7 Å². The first-order valence-corrected chi connectivity index (χ1v) is 10.2. The Kier molecular flexibility index (Phi) is 6.55. The number of hydrogen-bond acceptors (Lipinski definition) is 3. The topological polar surface area (TPSA) is 38.8 Å². The first-order chi connectivity index (χ1) is 12.9. The average Bonchev–Trinajstić information content (AvgIpc) is 2.62. The summed E-state index contributed by atoms with van der Waals surface area (Å²) in [5, 5.41) is 2.84. The standard InChI is InChI=1S/C22H34N4O/c1-17(2)7-9-24-11-13-25(14-12-24)16-20-5-6-21(18(3)15-20)26-10-8-19(4)23-22(26)27/h5-6,15,17H,4,7-14,16H2,1-3H3,(H,23,27). The van der Waals surface area contributed by atoms with Gasteiger partial charge in [0.1, 0.15) is 0 Å². The molecule has 0 spiro atoms. The van der Waals surface area contributed by atoms with E-state index >= 15 is 0 Å². The molecule has 0 atom stereocenters. The smallest absolute Gasteiger partial charge is 0.312 e. The van der Waals surface area contributed by atoms with Crippen LogP contribution >= 0.6 is 0 Å². The maximum absolute atomic E-state index is 12.2. The fourth-order valence-corrected chi connectivity index (χ4v) is 3.85. The fraction of sp³-hybridized carbons (Fsp3) is 0.591. The van der Waals surface area contributed by atoms with Gasteiger partial charge in [0, 0.05) is 57.1 Å². The number of anilines is 1. The zero-order chi connectivity index (χ0) is 19.4. The Morgan fingerprint density at radius 3 is 2.44 bits per heavy atom. The largest absolute Gasteiger partial charge is 0.326 e. The molecule has 3 rings (SSSR count). The van der Waals surface area contributed by atoms with Crippen LogP contribution in [-0.2, 0) is 6.54 Å². The first kappa shape index (κ1) is 19.9. The fourth-order valence-electron chi connectivity index (χ4n) is 3.85. The zero-order valence-electron chi connectivity index (χ0n) is 17.1. The van der Waals surface area contributed by atoms with Crippen molar-refractivity contribution in [1.82, 2.24) is 15.1 Å². The van der Waals surface area contributed by atoms with Crippen molar-refractivity contribution in [2.75, 3.05) is 44.2 Å². The molecule has 2 saturated heterocycles. The quantitative estimate of drug-likeness (QED) is 0.832. The van der Waals surface area contributed by atoms with Gasteiger partial charge in [-0.05, 0) is 43.0 Å². The van der Waals surface area contributed by atoms with Crippen LogP contribution in [0.5, 0.6) is 0 Å². The van der Waals surface area contributed by atoms with Crippen LogP contribution in [0.1, 0.15) is 37.8 Å². The van der Waals surface area contributed by atoms with Crippen molar-refractivity contribution in [3.05, 3.63) is 41.6 Å². The number of benzene rings is 1. The third-order valence-corrected chi connectivity index (χ3v) is 5.61. The van der Waals surface area contributed by atoms with Gasteiger partial charge in [0.15, 0.2) is 0 Å². The molecule has 0 aromatic heterocycles. The summed E-state index contributed by atoms with van der Waals surface area (Å²) in [7, 11) is 0. The number of urea groups is 1. The van der Waals surface area contributed by atoms with Crippen LogP contribution in [-0.4, -0.2) is 55.1 Å². The molecule has 5 nitrogen and oxygen atoms in total. The minimum absolute atomic E-state index is 0.0698. The molecule has 5 heteroatoms. The average molecular weight is 371 g/mol. The molecule has 2 heterocycles. The highest BCUT2D eigenvalue weighted by Gasteiger charge is 2.23. The third-order valence-electron chi connectivity index (χ3n) is 5.61. The summed E-state index contributed by atoms with van der Waals surface area (Å²) in [6.45, 7) is 18.1. The van der Waals surface area contributed by atoms with E-state index in [1.54, 1.807) is 0 Å². The van der Waals surface area contributed by atoms with Gasteiger partial charge in [-0.3, -0.25) is 9.80 Å². The van der Waals surface area contributed by atoms with Crippen LogP contribution in [0.15, 0.2) is 30.5 Å². The third kappa shape index (κ3) is 5.33. The number of carbonyl (C=O) groups is 1. The lowest BCUT2D eigenvalue weighted by Crippen LogP contribution is -2.46. The lowest BCUT2D eigenvalue weighted by molar-refractivity contribution is 0.123. The number of rotatable bonds is 6. The molecule has 1 aromatic rings. The predicted molar refractivity (Wildman–Crippen MR) is 112 cm³/mol. The Hall–Kier alpha value is -1.85. The van der Waals surface area contributed by atoms with Crippen molar-refractivity contribution in [2.45, 2.75) is 40.2 Å². The Morgan fingerprint density at radius 2 is 1.81 bits per heavy atom. The Balaban J connectivity index is 1.54. The van der Waals surface area contributed by atoms with E-state index in [1.807, 2.05) is 4.90 Å². The van der Waals surface area contributed by atoms with Crippen molar-refractivity contribution in [1.29, 1.82) is 0 Å². The highest BCUT2D eigenvalue weighted by Crippen LogP contribution is 2.25. The molecule has 148 valence electrons. The van der Waals surface area contributed by atoms with E-state index in [4.69, 9.17) is 0 Å². The second kappa shape index (κ2) is 8.89. The van der Waals surface area contributed by atoms with Gasteiger partial charge in [0.05, 0.1) is 0 Å². The molecule has 2 aliphatic heterocycles. The molecule has 0 saturated carbocycles. The van der Waals surface area contributed by atoms with Gasteiger partial charge in [-0.25, -0.2) is 4.79 Å². The molecule has 2 fully saturated rings. The Bertz CT molecular complexity index is 677. The highest BCUT2D eigenvalue weighted by atomic mass is 16.2.